The minimum Gasteiger partial charge on any atom is -0.284 e. The molecule has 1 saturated carbocycles. The van der Waals surface area contributed by atoms with Crippen molar-refractivity contribution in [3.05, 3.63) is 41.3 Å². The molecule has 1 heterocycles. The third-order valence-corrected chi connectivity index (χ3v) is 9.37. The number of hydrogen-bond acceptors (Lipinski definition) is 7. The topological polar surface area (TPSA) is 153 Å². The monoisotopic (exact) mass is 476 g/mol. The van der Waals surface area contributed by atoms with Crippen LogP contribution in [0, 0.1) is 4.91 Å². The molecular weight excluding hydrogens is 454 g/mol. The lowest BCUT2D eigenvalue weighted by atomic mass is 10.0. The lowest BCUT2D eigenvalue weighted by molar-refractivity contribution is -0.610. The van der Waals surface area contributed by atoms with Crippen molar-refractivity contribution >= 4 is 35.4 Å². The molecule has 0 amide bonds. The Hall–Kier alpha value is -2.25. The van der Waals surface area contributed by atoms with E-state index in [1.54, 1.807) is 0 Å². The van der Waals surface area contributed by atoms with Crippen LogP contribution in [0.1, 0.15) is 32.1 Å². The fourth-order valence-corrected chi connectivity index (χ4v) is 6.95. The molecule has 1 aromatic carbocycles. The molecule has 0 atom stereocenters. The summed E-state index contributed by atoms with van der Waals surface area (Å²) < 4.78 is 75.7. The average Bonchev–Trinajstić information content (AvgIpc) is 2.67. The largest absolute Gasteiger partial charge is 0.382 e. The van der Waals surface area contributed by atoms with E-state index >= 15 is 0 Å². The van der Waals surface area contributed by atoms with Crippen molar-refractivity contribution in [2.75, 3.05) is 11.0 Å². The summed E-state index contributed by atoms with van der Waals surface area (Å²) in [5, 5.41) is 0.444. The molecular formula is C17H22N3O7S3+. The zero-order valence-corrected chi connectivity index (χ0v) is 18.6. The summed E-state index contributed by atoms with van der Waals surface area (Å²) in [6.45, 7) is 0. The standard InChI is InChI=1S/C17H22N3O7S3/c1-28(22,23)19-13-7-9-15(10-8-13)29(24,25)16-11-12-17(20(21)18-16)30(26,27)14-5-3-2-4-6-14/h7-12,14,19H,2-6H2,1H3,(H,18,21)/q+1. The number of H-pyrrole nitrogens is 1. The number of hydrogen-bond donors (Lipinski definition) is 2. The average molecular weight is 477 g/mol. The number of rotatable bonds is 6. The molecule has 164 valence electrons. The predicted octanol–water partition coefficient (Wildman–Crippen LogP) is 1.24. The maximum atomic E-state index is 12.8. The van der Waals surface area contributed by atoms with Crippen molar-refractivity contribution in [1.82, 2.24) is 5.10 Å². The van der Waals surface area contributed by atoms with E-state index in [0.29, 0.717) is 12.8 Å². The van der Waals surface area contributed by atoms with E-state index in [1.807, 2.05) is 0 Å². The molecule has 2 aromatic rings. The molecule has 0 spiro atoms. The number of sulfone groups is 2. The summed E-state index contributed by atoms with van der Waals surface area (Å²) in [6, 6.07) is 6.93. The molecule has 2 N–H and O–H groups in total. The smallest absolute Gasteiger partial charge is 0.284 e. The fraction of sp³-hybridized carbons (Fsp3) is 0.412. The second kappa shape index (κ2) is 8.12. The summed E-state index contributed by atoms with van der Waals surface area (Å²) in [4.78, 5) is 12.2. The molecule has 0 radical (unpaired) electrons. The summed E-state index contributed by atoms with van der Waals surface area (Å²) >= 11 is 0. The normalized spacial score (nSPS) is 16.3. The highest BCUT2D eigenvalue weighted by Gasteiger charge is 2.37. The second-order valence-electron chi connectivity index (χ2n) is 7.15. The maximum Gasteiger partial charge on any atom is 0.382 e. The molecule has 1 aliphatic rings. The van der Waals surface area contributed by atoms with Gasteiger partial charge in [0.25, 0.3) is 0 Å². The van der Waals surface area contributed by atoms with Crippen LogP contribution in [0.15, 0.2) is 51.3 Å². The van der Waals surface area contributed by atoms with Crippen LogP contribution in [0.2, 0.25) is 0 Å². The summed E-state index contributed by atoms with van der Waals surface area (Å²) in [7, 11) is -11.6. The van der Waals surface area contributed by atoms with Gasteiger partial charge < -0.3 is 0 Å². The highest BCUT2D eigenvalue weighted by atomic mass is 32.2. The Morgan fingerprint density at radius 2 is 1.50 bits per heavy atom. The van der Waals surface area contributed by atoms with Crippen molar-refractivity contribution < 1.29 is 29.8 Å². The van der Waals surface area contributed by atoms with E-state index in [2.05, 4.69) is 9.82 Å². The summed E-state index contributed by atoms with van der Waals surface area (Å²) in [5.74, 6) is 0. The molecule has 1 aliphatic carbocycles. The third-order valence-electron chi connectivity index (χ3n) is 4.83. The van der Waals surface area contributed by atoms with Crippen LogP contribution in [0.4, 0.5) is 5.69 Å². The zero-order chi connectivity index (χ0) is 22.2. The highest BCUT2D eigenvalue weighted by molar-refractivity contribution is 7.92. The van der Waals surface area contributed by atoms with Crippen molar-refractivity contribution in [3.8, 4) is 0 Å². The van der Waals surface area contributed by atoms with Gasteiger partial charge in [-0.2, -0.15) is 0 Å². The Labute approximate surface area is 174 Å². The second-order valence-corrected chi connectivity index (χ2v) is 13.0. The molecule has 0 unspecified atom stereocenters. The molecule has 0 aliphatic heterocycles. The van der Waals surface area contributed by atoms with Gasteiger partial charge in [-0.3, -0.25) is 4.72 Å². The van der Waals surface area contributed by atoms with Gasteiger partial charge in [0.2, 0.25) is 29.7 Å². The minimum absolute atomic E-state index is 0.0313. The van der Waals surface area contributed by atoms with Crippen LogP contribution in [0.3, 0.4) is 0 Å². The summed E-state index contributed by atoms with van der Waals surface area (Å²) in [6.07, 6.45) is 4.38. The lowest BCUT2D eigenvalue weighted by Gasteiger charge is -2.18. The first kappa shape index (κ1) is 22.4. The Morgan fingerprint density at radius 3 is 2.03 bits per heavy atom. The van der Waals surface area contributed by atoms with Gasteiger partial charge in [-0.1, -0.05) is 19.3 Å². The van der Waals surface area contributed by atoms with Crippen LogP contribution < -0.4 is 9.26 Å². The first-order valence-electron chi connectivity index (χ1n) is 9.14. The summed E-state index contributed by atoms with van der Waals surface area (Å²) in [5.41, 5.74) is 0.174. The molecule has 10 nitrogen and oxygen atoms in total. The minimum atomic E-state index is -4.16. The zero-order valence-electron chi connectivity index (χ0n) is 16.1. The van der Waals surface area contributed by atoms with Crippen molar-refractivity contribution in [1.29, 1.82) is 0 Å². The van der Waals surface area contributed by atoms with E-state index in [9.17, 15) is 30.2 Å². The molecule has 3 rings (SSSR count). The van der Waals surface area contributed by atoms with Gasteiger partial charge in [0.15, 0.2) is 9.57 Å². The molecule has 1 fully saturated rings. The predicted molar refractivity (Wildman–Crippen MR) is 109 cm³/mol. The van der Waals surface area contributed by atoms with E-state index in [4.69, 9.17) is 0 Å². The van der Waals surface area contributed by atoms with Crippen LogP contribution in [0.25, 0.3) is 0 Å². The number of nitrogens with one attached hydrogen (secondary N) is 2. The van der Waals surface area contributed by atoms with Gasteiger partial charge in [-0.25, -0.2) is 25.3 Å². The molecule has 0 saturated heterocycles. The quantitative estimate of drug-likeness (QED) is 0.595. The Morgan fingerprint density at radius 1 is 0.900 bits per heavy atom. The van der Waals surface area contributed by atoms with E-state index in [1.165, 1.54) is 24.3 Å². The van der Waals surface area contributed by atoms with Gasteiger partial charge >= 0.3 is 5.03 Å². The van der Waals surface area contributed by atoms with Crippen molar-refractivity contribution in [2.45, 2.75) is 52.3 Å². The molecule has 13 heteroatoms. The van der Waals surface area contributed by atoms with E-state index in [-0.39, 0.29) is 15.1 Å². The fourth-order valence-electron chi connectivity index (χ4n) is 3.36. The Kier molecular flexibility index (Phi) is 6.07. The number of aromatic amines is 1. The first-order chi connectivity index (χ1) is 13.9. The van der Waals surface area contributed by atoms with Gasteiger partial charge in [0.1, 0.15) is 0 Å². The number of aromatic nitrogens is 2. The van der Waals surface area contributed by atoms with Crippen LogP contribution in [0.5, 0.6) is 0 Å². The third kappa shape index (κ3) is 4.73. The molecule has 1 aromatic heterocycles. The van der Waals surface area contributed by atoms with Crippen molar-refractivity contribution in [3.63, 3.8) is 0 Å². The maximum absolute atomic E-state index is 12.8. The molecule has 30 heavy (non-hydrogen) atoms. The number of sulfonamides is 1. The number of benzene rings is 1. The van der Waals surface area contributed by atoms with Gasteiger partial charge in [0, 0.05) is 11.8 Å². The van der Waals surface area contributed by atoms with Crippen LogP contribution in [-0.4, -0.2) is 41.9 Å². The first-order valence-corrected chi connectivity index (χ1v) is 14.1. The van der Waals surface area contributed by atoms with Gasteiger partial charge in [0.05, 0.1) is 21.3 Å². The van der Waals surface area contributed by atoms with Crippen LogP contribution in [-0.2, 0) is 29.7 Å². The molecule has 0 bridgehead atoms. The van der Waals surface area contributed by atoms with Crippen molar-refractivity contribution in [2.24, 2.45) is 0 Å². The lowest BCUT2D eigenvalue weighted by Crippen LogP contribution is -2.35. The van der Waals surface area contributed by atoms with Crippen LogP contribution >= 0.6 is 0 Å². The number of anilines is 1. The Balaban J connectivity index is 1.92. The van der Waals surface area contributed by atoms with Gasteiger partial charge in [-0.15, -0.1) is 5.10 Å². The highest BCUT2D eigenvalue weighted by Crippen LogP contribution is 2.27. The number of nitrogens with zero attached hydrogens (tertiary/aromatic N) is 1. The Bertz CT molecular complexity index is 1310. The SMILES string of the molecule is CS(=O)(=O)Nc1ccc(S(=O)(=O)c2ccc(S(=O)(=O)C3CCCCC3)[n+](=O)[nH]2)cc1. The van der Waals surface area contributed by atoms with Gasteiger partial charge in [-0.05, 0) is 43.2 Å². The van der Waals surface area contributed by atoms with E-state index in [0.717, 1.165) is 37.7 Å². The van der Waals surface area contributed by atoms with E-state index < -0.39 is 45.0 Å².